The molecular formula is C33H41NO7S. The molecule has 3 aliphatic carbocycles. The number of methoxy groups -OCH3 is 1. The van der Waals surface area contributed by atoms with Gasteiger partial charge in [-0.2, -0.15) is 0 Å². The highest BCUT2D eigenvalue weighted by atomic mass is 32.2. The van der Waals surface area contributed by atoms with Crippen molar-refractivity contribution in [1.29, 1.82) is 0 Å². The molecule has 0 radical (unpaired) electrons. The van der Waals surface area contributed by atoms with E-state index in [0.29, 0.717) is 12.1 Å². The number of carbonyl (C=O) groups excluding carboxylic acids is 3. The fraction of sp³-hybridized carbons (Fsp3) is 0.545. The van der Waals surface area contributed by atoms with Gasteiger partial charge in [0, 0.05) is 18.3 Å². The minimum absolute atomic E-state index is 0.0431. The van der Waals surface area contributed by atoms with Crippen LogP contribution in [0, 0.1) is 42.4 Å². The van der Waals surface area contributed by atoms with Gasteiger partial charge in [0.1, 0.15) is 17.8 Å². The van der Waals surface area contributed by atoms with Gasteiger partial charge in [0.25, 0.3) is 10.0 Å². The molecule has 3 fully saturated rings. The summed E-state index contributed by atoms with van der Waals surface area (Å²) in [5.74, 6) is -3.09. The first-order valence-corrected chi connectivity index (χ1v) is 16.1. The summed E-state index contributed by atoms with van der Waals surface area (Å²) >= 11 is 0. The zero-order valence-electron chi connectivity index (χ0n) is 25.3. The van der Waals surface area contributed by atoms with Crippen LogP contribution in [-0.4, -0.2) is 45.4 Å². The minimum Gasteiger partial charge on any atom is -0.469 e. The summed E-state index contributed by atoms with van der Waals surface area (Å²) in [6.45, 7) is 10.2. The third-order valence-corrected chi connectivity index (χ3v) is 12.3. The number of carbonyl (C=O) groups is 3. The van der Waals surface area contributed by atoms with Crippen LogP contribution in [0.3, 0.4) is 0 Å². The van der Waals surface area contributed by atoms with Crippen LogP contribution in [0.25, 0.3) is 0 Å². The van der Waals surface area contributed by atoms with E-state index in [0.717, 1.165) is 24.0 Å². The van der Waals surface area contributed by atoms with Gasteiger partial charge in [0.2, 0.25) is 0 Å². The highest BCUT2D eigenvalue weighted by molar-refractivity contribution is 7.92. The first kappa shape index (κ1) is 30.3. The average Bonchev–Trinajstić information content (AvgIpc) is 3.45. The van der Waals surface area contributed by atoms with Crippen LogP contribution < -0.4 is 4.31 Å². The van der Waals surface area contributed by atoms with Crippen molar-refractivity contribution in [1.82, 2.24) is 0 Å². The third-order valence-electron chi connectivity index (χ3n) is 10.5. The molecule has 0 saturated heterocycles. The molecule has 8 nitrogen and oxygen atoms in total. The Morgan fingerprint density at radius 1 is 1.00 bits per heavy atom. The fourth-order valence-corrected chi connectivity index (χ4v) is 9.64. The average molecular weight is 596 g/mol. The zero-order chi connectivity index (χ0) is 30.6. The number of rotatable bonds is 8. The Labute approximate surface area is 248 Å². The molecule has 3 aliphatic rings. The summed E-state index contributed by atoms with van der Waals surface area (Å²) in [6.07, 6.45) is 1.29. The molecule has 5 rings (SSSR count). The Morgan fingerprint density at radius 2 is 1.64 bits per heavy atom. The normalized spacial score (nSPS) is 29.9. The Morgan fingerprint density at radius 3 is 2.26 bits per heavy atom. The van der Waals surface area contributed by atoms with Gasteiger partial charge < -0.3 is 9.47 Å². The summed E-state index contributed by atoms with van der Waals surface area (Å²) < 4.78 is 41.8. The number of ketones is 1. The van der Waals surface area contributed by atoms with E-state index < -0.39 is 51.4 Å². The Balaban J connectivity index is 1.62. The molecule has 0 N–H and O–H groups in total. The number of anilines is 1. The molecule has 2 aromatic carbocycles. The first-order valence-electron chi connectivity index (χ1n) is 14.7. The topological polar surface area (TPSA) is 107 Å². The van der Waals surface area contributed by atoms with Gasteiger partial charge in [-0.25, -0.2) is 8.42 Å². The van der Waals surface area contributed by atoms with Crippen molar-refractivity contribution in [2.24, 2.45) is 28.6 Å². The second-order valence-electron chi connectivity index (χ2n) is 13.1. The van der Waals surface area contributed by atoms with Crippen molar-refractivity contribution in [2.75, 3.05) is 11.4 Å². The molecule has 3 saturated carbocycles. The number of aryl methyl sites for hydroxylation is 2. The molecule has 226 valence electrons. The van der Waals surface area contributed by atoms with Gasteiger partial charge in [0.15, 0.2) is 0 Å². The largest absolute Gasteiger partial charge is 0.469 e. The second-order valence-corrected chi connectivity index (χ2v) is 14.9. The van der Waals surface area contributed by atoms with Crippen LogP contribution in [0.2, 0.25) is 0 Å². The van der Waals surface area contributed by atoms with Crippen molar-refractivity contribution >= 4 is 33.4 Å². The van der Waals surface area contributed by atoms with Crippen molar-refractivity contribution in [3.05, 3.63) is 59.7 Å². The number of hydrogen-bond acceptors (Lipinski definition) is 7. The van der Waals surface area contributed by atoms with E-state index >= 15 is 0 Å². The SMILES string of the molecule is COC(=O)C[C@H]1CCC(=O)[C@@H]1C(=O)O[C@@H]1[C@H](N(c2cc(C)cc(C)c2)S(=O)(=O)c2ccccc2)[C@H]2CC[C@]1(C)C2(C)C. The summed E-state index contributed by atoms with van der Waals surface area (Å²) in [4.78, 5) is 39.0. The van der Waals surface area contributed by atoms with Crippen molar-refractivity contribution < 1.29 is 32.3 Å². The summed E-state index contributed by atoms with van der Waals surface area (Å²) in [7, 11) is -2.80. The number of fused-ring (bicyclic) bond motifs is 2. The summed E-state index contributed by atoms with van der Waals surface area (Å²) in [5, 5.41) is 0. The lowest BCUT2D eigenvalue weighted by Crippen LogP contribution is -2.54. The van der Waals surface area contributed by atoms with Crippen LogP contribution in [0.15, 0.2) is 53.4 Å². The maximum Gasteiger partial charge on any atom is 0.317 e. The number of esters is 2. The van der Waals surface area contributed by atoms with Gasteiger partial charge in [-0.05, 0) is 85.8 Å². The van der Waals surface area contributed by atoms with Crippen LogP contribution in [0.5, 0.6) is 0 Å². The molecule has 0 heterocycles. The van der Waals surface area contributed by atoms with Crippen molar-refractivity contribution in [3.63, 3.8) is 0 Å². The minimum atomic E-state index is -4.09. The highest BCUT2D eigenvalue weighted by Gasteiger charge is 2.70. The van der Waals surface area contributed by atoms with E-state index in [2.05, 4.69) is 20.8 Å². The molecular weight excluding hydrogens is 554 g/mol. The van der Waals surface area contributed by atoms with Crippen molar-refractivity contribution in [3.8, 4) is 0 Å². The summed E-state index contributed by atoms with van der Waals surface area (Å²) in [5.41, 5.74) is 1.46. The number of nitrogens with zero attached hydrogens (tertiary/aromatic N) is 1. The van der Waals surface area contributed by atoms with Crippen LogP contribution in [-0.2, 0) is 33.9 Å². The lowest BCUT2D eigenvalue weighted by Gasteiger charge is -2.43. The van der Waals surface area contributed by atoms with E-state index in [1.54, 1.807) is 30.3 Å². The third kappa shape index (κ3) is 4.83. The Kier molecular flexibility index (Phi) is 7.79. The summed E-state index contributed by atoms with van der Waals surface area (Å²) in [6, 6.07) is 13.4. The Bertz CT molecular complexity index is 1480. The number of ether oxygens (including phenoxy) is 2. The van der Waals surface area contributed by atoms with Gasteiger partial charge in [-0.3, -0.25) is 18.7 Å². The monoisotopic (exact) mass is 595 g/mol. The van der Waals surface area contributed by atoms with Gasteiger partial charge in [-0.1, -0.05) is 45.0 Å². The van der Waals surface area contributed by atoms with E-state index in [1.807, 2.05) is 32.0 Å². The molecule has 0 spiro atoms. The van der Waals surface area contributed by atoms with Crippen LogP contribution in [0.1, 0.15) is 64.0 Å². The molecule has 6 atom stereocenters. The van der Waals surface area contributed by atoms with E-state index in [-0.39, 0.29) is 34.9 Å². The van der Waals surface area contributed by atoms with E-state index in [1.165, 1.54) is 11.4 Å². The number of sulfonamides is 1. The molecule has 2 bridgehead atoms. The Hall–Kier alpha value is -3.20. The van der Waals surface area contributed by atoms with Gasteiger partial charge in [0.05, 0.1) is 23.7 Å². The molecule has 0 aliphatic heterocycles. The van der Waals surface area contributed by atoms with Crippen LogP contribution >= 0.6 is 0 Å². The number of hydrogen-bond donors (Lipinski definition) is 0. The lowest BCUT2D eigenvalue weighted by atomic mass is 9.70. The number of Topliss-reactive ketones (excluding diaryl/α,β-unsaturated/α-hetero) is 1. The molecule has 0 amide bonds. The van der Waals surface area contributed by atoms with E-state index in [4.69, 9.17) is 9.47 Å². The molecule has 42 heavy (non-hydrogen) atoms. The quantitative estimate of drug-likeness (QED) is 0.297. The molecule has 0 aromatic heterocycles. The maximum absolute atomic E-state index is 14.6. The van der Waals surface area contributed by atoms with Gasteiger partial charge in [-0.15, -0.1) is 0 Å². The highest BCUT2D eigenvalue weighted by Crippen LogP contribution is 2.68. The molecule has 9 heteroatoms. The molecule has 0 unspecified atom stereocenters. The smallest absolute Gasteiger partial charge is 0.317 e. The number of benzene rings is 2. The second kappa shape index (κ2) is 10.8. The predicted octanol–water partition coefficient (Wildman–Crippen LogP) is 5.39. The predicted molar refractivity (Wildman–Crippen MR) is 158 cm³/mol. The maximum atomic E-state index is 14.6. The zero-order valence-corrected chi connectivity index (χ0v) is 26.1. The van der Waals surface area contributed by atoms with Gasteiger partial charge >= 0.3 is 11.9 Å². The fourth-order valence-electron chi connectivity index (χ4n) is 7.95. The lowest BCUT2D eigenvalue weighted by molar-refractivity contribution is -0.165. The first-order chi connectivity index (χ1) is 19.7. The van der Waals surface area contributed by atoms with E-state index in [9.17, 15) is 22.8 Å². The van der Waals surface area contributed by atoms with Crippen molar-refractivity contribution in [2.45, 2.75) is 83.8 Å². The standard InChI is InChI=1S/C33H41NO7S/c1-20-16-21(2)18-23(17-20)34(42(38,39)24-10-8-7-9-11-24)29-25-14-15-33(5,32(25,3)4)30(29)41-31(37)28-22(12-13-26(28)35)19-27(36)40-6/h7-11,16-18,22,25,28-30H,12-15,19H2,1-6H3/t22-,25-,28-,29-,30-,33+/m1/s1. The van der Waals surface area contributed by atoms with Crippen LogP contribution in [0.4, 0.5) is 5.69 Å². The molecule has 2 aromatic rings.